The Morgan fingerprint density at radius 1 is 1.13 bits per heavy atom. The predicted octanol–water partition coefficient (Wildman–Crippen LogP) is 2.97. The summed E-state index contributed by atoms with van der Waals surface area (Å²) in [6.07, 6.45) is 1.83. The van der Waals surface area contributed by atoms with Gasteiger partial charge in [-0.3, -0.25) is 10.0 Å². The van der Waals surface area contributed by atoms with Gasteiger partial charge in [-0.05, 0) is 30.5 Å². The van der Waals surface area contributed by atoms with Gasteiger partial charge in [0.05, 0.1) is 18.7 Å². The summed E-state index contributed by atoms with van der Waals surface area (Å²) in [6.45, 7) is 1.93. The molecule has 0 spiro atoms. The summed E-state index contributed by atoms with van der Waals surface area (Å²) in [5.74, 6) is -0.0698. The van der Waals surface area contributed by atoms with E-state index in [9.17, 15) is 9.59 Å². The first-order valence-corrected chi connectivity index (χ1v) is 10.4. The molecule has 0 radical (unpaired) electrons. The summed E-state index contributed by atoms with van der Waals surface area (Å²) in [5.41, 5.74) is 3.73. The number of ether oxygens (including phenoxy) is 2. The first-order valence-electron chi connectivity index (χ1n) is 10.4. The predicted molar refractivity (Wildman–Crippen MR) is 113 cm³/mol. The fourth-order valence-electron chi connectivity index (χ4n) is 4.19. The molecule has 2 aromatic carbocycles. The van der Waals surface area contributed by atoms with Gasteiger partial charge < -0.3 is 19.3 Å². The van der Waals surface area contributed by atoms with Crippen LogP contribution in [0.5, 0.6) is 5.75 Å². The van der Waals surface area contributed by atoms with Crippen LogP contribution < -0.4 is 10.2 Å². The number of fused-ring (bicyclic) bond motifs is 1. The van der Waals surface area contributed by atoms with Gasteiger partial charge in [-0.15, -0.1) is 0 Å². The molecule has 4 rings (SSSR count). The van der Waals surface area contributed by atoms with Crippen LogP contribution in [0.25, 0.3) is 0 Å². The van der Waals surface area contributed by atoms with Crippen molar-refractivity contribution in [2.45, 2.75) is 31.5 Å². The van der Waals surface area contributed by atoms with E-state index in [-0.39, 0.29) is 24.8 Å². The number of urea groups is 1. The Hall–Kier alpha value is -3.10. The van der Waals surface area contributed by atoms with Gasteiger partial charge >= 0.3 is 6.03 Å². The molecule has 8 heteroatoms. The summed E-state index contributed by atoms with van der Waals surface area (Å²) in [5, 5.41) is 8.93. The molecule has 164 valence electrons. The van der Waals surface area contributed by atoms with Crippen molar-refractivity contribution < 1.29 is 24.3 Å². The monoisotopic (exact) mass is 425 g/mol. The number of hydrogen-bond donors (Lipinski definition) is 2. The zero-order valence-electron chi connectivity index (χ0n) is 17.5. The molecule has 3 amide bonds. The highest BCUT2D eigenvalue weighted by Crippen LogP contribution is 2.33. The number of benzene rings is 2. The topological polar surface area (TPSA) is 91.3 Å². The number of hydroxylamine groups is 1. The minimum atomic E-state index is -0.607. The number of methoxy groups -OCH3 is 1. The van der Waals surface area contributed by atoms with Gasteiger partial charge in [0.1, 0.15) is 12.4 Å². The number of nitrogens with zero attached hydrogens (tertiary/aromatic N) is 2. The van der Waals surface area contributed by atoms with Crippen molar-refractivity contribution in [2.75, 3.05) is 26.8 Å². The third kappa shape index (κ3) is 4.50. The Balaban J connectivity index is 1.63. The third-order valence-electron chi connectivity index (χ3n) is 6.02. The summed E-state index contributed by atoms with van der Waals surface area (Å²) in [4.78, 5) is 29.1. The van der Waals surface area contributed by atoms with Crippen molar-refractivity contribution in [2.24, 2.45) is 0 Å². The van der Waals surface area contributed by atoms with E-state index in [2.05, 4.69) is 0 Å². The van der Waals surface area contributed by atoms with Gasteiger partial charge in [-0.1, -0.05) is 36.4 Å². The van der Waals surface area contributed by atoms with Crippen LogP contribution in [-0.4, -0.2) is 59.9 Å². The second-order valence-electron chi connectivity index (χ2n) is 7.83. The Morgan fingerprint density at radius 3 is 2.55 bits per heavy atom. The van der Waals surface area contributed by atoms with E-state index >= 15 is 0 Å². The van der Waals surface area contributed by atoms with Gasteiger partial charge in [-0.2, -0.15) is 0 Å². The summed E-state index contributed by atoms with van der Waals surface area (Å²) in [6, 6.07) is 14.5. The molecule has 0 unspecified atom stereocenters. The Kier molecular flexibility index (Phi) is 6.39. The maximum Gasteiger partial charge on any atom is 0.320 e. The molecular weight excluding hydrogens is 398 g/mol. The standard InChI is InChI=1S/C23H27N3O5/c1-30-19-9-11-25(12-10-19)23(28)26-14-18-8-7-17(22(27)24-29)13-21(18)31-15-20(26)16-5-3-2-4-6-16/h2-8,13,19-20,29H,9-12,14-15H2,1H3,(H,24,27)/t20-/m1/s1. The molecule has 1 fully saturated rings. The van der Waals surface area contributed by atoms with Crippen LogP contribution in [0.15, 0.2) is 48.5 Å². The van der Waals surface area contributed by atoms with E-state index < -0.39 is 5.91 Å². The fraction of sp³-hybridized carbons (Fsp3) is 0.391. The average Bonchev–Trinajstić information content (AvgIpc) is 3.03. The molecular formula is C23H27N3O5. The molecule has 0 aromatic heterocycles. The van der Waals surface area contributed by atoms with Gasteiger partial charge in [-0.25, -0.2) is 10.3 Å². The first-order chi connectivity index (χ1) is 15.1. The van der Waals surface area contributed by atoms with Crippen molar-refractivity contribution in [3.63, 3.8) is 0 Å². The fourth-order valence-corrected chi connectivity index (χ4v) is 4.19. The summed E-state index contributed by atoms with van der Waals surface area (Å²) >= 11 is 0. The number of amides is 3. The molecule has 0 aliphatic carbocycles. The quantitative estimate of drug-likeness (QED) is 0.583. The van der Waals surface area contributed by atoms with Crippen LogP contribution in [0, 0.1) is 0 Å². The molecule has 2 aromatic rings. The number of carbonyl (C=O) groups is 2. The van der Waals surface area contributed by atoms with E-state index in [1.54, 1.807) is 30.8 Å². The molecule has 31 heavy (non-hydrogen) atoms. The van der Waals surface area contributed by atoms with Crippen LogP contribution in [0.3, 0.4) is 0 Å². The van der Waals surface area contributed by atoms with Crippen molar-refractivity contribution in [1.29, 1.82) is 0 Å². The van der Waals surface area contributed by atoms with E-state index in [4.69, 9.17) is 14.7 Å². The van der Waals surface area contributed by atoms with Crippen molar-refractivity contribution >= 4 is 11.9 Å². The second kappa shape index (κ2) is 9.36. The van der Waals surface area contributed by atoms with Gasteiger partial charge in [0.25, 0.3) is 5.91 Å². The molecule has 2 heterocycles. The van der Waals surface area contributed by atoms with Crippen LogP contribution in [0.1, 0.15) is 40.4 Å². The van der Waals surface area contributed by atoms with Crippen LogP contribution in [0.2, 0.25) is 0 Å². The summed E-state index contributed by atoms with van der Waals surface area (Å²) in [7, 11) is 1.71. The number of hydrogen-bond acceptors (Lipinski definition) is 5. The molecule has 1 atom stereocenters. The highest BCUT2D eigenvalue weighted by atomic mass is 16.5. The lowest BCUT2D eigenvalue weighted by Gasteiger charge is -2.38. The number of rotatable bonds is 3. The highest BCUT2D eigenvalue weighted by molar-refractivity contribution is 5.93. The summed E-state index contributed by atoms with van der Waals surface area (Å²) < 4.78 is 11.5. The van der Waals surface area contributed by atoms with E-state index in [0.29, 0.717) is 30.9 Å². The minimum Gasteiger partial charge on any atom is -0.491 e. The van der Waals surface area contributed by atoms with Crippen LogP contribution in [-0.2, 0) is 11.3 Å². The number of likely N-dealkylation sites (tertiary alicyclic amines) is 1. The average molecular weight is 425 g/mol. The molecule has 0 saturated carbocycles. The maximum absolute atomic E-state index is 13.6. The van der Waals surface area contributed by atoms with E-state index in [1.807, 2.05) is 40.1 Å². The largest absolute Gasteiger partial charge is 0.491 e. The lowest BCUT2D eigenvalue weighted by molar-refractivity contribution is 0.0398. The SMILES string of the molecule is COC1CCN(C(=O)N2Cc3ccc(C(=O)NO)cc3OC[C@@H]2c2ccccc2)CC1. The molecule has 2 N–H and O–H groups in total. The van der Waals surface area contributed by atoms with Gasteiger partial charge in [0, 0.05) is 31.3 Å². The molecule has 8 nitrogen and oxygen atoms in total. The zero-order valence-corrected chi connectivity index (χ0v) is 17.5. The lowest BCUT2D eigenvalue weighted by Crippen LogP contribution is -2.49. The number of piperidine rings is 1. The number of nitrogens with one attached hydrogen (secondary N) is 1. The van der Waals surface area contributed by atoms with Crippen molar-refractivity contribution in [3.05, 3.63) is 65.2 Å². The van der Waals surface area contributed by atoms with Crippen molar-refractivity contribution in [1.82, 2.24) is 15.3 Å². The first kappa shape index (κ1) is 21.1. The van der Waals surface area contributed by atoms with E-state index in [0.717, 1.165) is 24.0 Å². The van der Waals surface area contributed by atoms with Gasteiger partial charge in [0.15, 0.2) is 0 Å². The van der Waals surface area contributed by atoms with Crippen LogP contribution >= 0.6 is 0 Å². The highest BCUT2D eigenvalue weighted by Gasteiger charge is 2.34. The van der Waals surface area contributed by atoms with Gasteiger partial charge in [0.2, 0.25) is 0 Å². The normalized spacial score (nSPS) is 19.2. The maximum atomic E-state index is 13.6. The third-order valence-corrected chi connectivity index (χ3v) is 6.02. The molecule has 2 aliphatic rings. The number of carbonyl (C=O) groups excluding carboxylic acids is 2. The molecule has 1 saturated heterocycles. The lowest BCUT2D eigenvalue weighted by atomic mass is 10.0. The zero-order chi connectivity index (χ0) is 21.8. The van der Waals surface area contributed by atoms with E-state index in [1.165, 1.54) is 0 Å². The molecule has 0 bridgehead atoms. The Bertz CT molecular complexity index is 928. The molecule has 2 aliphatic heterocycles. The smallest absolute Gasteiger partial charge is 0.320 e. The van der Waals surface area contributed by atoms with Crippen LogP contribution in [0.4, 0.5) is 4.79 Å². The minimum absolute atomic E-state index is 0.0305. The Labute approximate surface area is 181 Å². The second-order valence-corrected chi connectivity index (χ2v) is 7.83. The Morgan fingerprint density at radius 2 is 1.87 bits per heavy atom. The van der Waals surface area contributed by atoms with Crippen molar-refractivity contribution in [3.8, 4) is 5.75 Å².